The van der Waals surface area contributed by atoms with Gasteiger partial charge in [-0.25, -0.2) is 0 Å². The standard InChI is InChI=1S/C16H28O4/c1-6-13-7-9-16(4,19-13)14-8-10-15(3,20-14)12(2)18-11-17-5/h6,12-14H,1,7-11H2,2-5H3/t12-,13-,14-,15+,16+/m1/s1. The first kappa shape index (κ1) is 16.0. The van der Waals surface area contributed by atoms with E-state index in [0.29, 0.717) is 6.79 Å². The van der Waals surface area contributed by atoms with Crippen molar-refractivity contribution in [3.63, 3.8) is 0 Å². The molecule has 0 amide bonds. The van der Waals surface area contributed by atoms with Crippen molar-refractivity contribution in [2.45, 2.75) is 76.0 Å². The third-order valence-electron chi connectivity index (χ3n) is 4.90. The molecule has 2 fully saturated rings. The minimum atomic E-state index is -0.262. The maximum Gasteiger partial charge on any atom is 0.146 e. The molecule has 0 aromatic heterocycles. The van der Waals surface area contributed by atoms with Gasteiger partial charge in [0.25, 0.3) is 0 Å². The van der Waals surface area contributed by atoms with Crippen molar-refractivity contribution < 1.29 is 18.9 Å². The molecule has 2 aliphatic rings. The van der Waals surface area contributed by atoms with Crippen LogP contribution in [0.25, 0.3) is 0 Å². The van der Waals surface area contributed by atoms with E-state index in [9.17, 15) is 0 Å². The lowest BCUT2D eigenvalue weighted by Crippen LogP contribution is -2.45. The summed E-state index contributed by atoms with van der Waals surface area (Å²) in [7, 11) is 1.64. The first-order valence-electron chi connectivity index (χ1n) is 7.52. The quantitative estimate of drug-likeness (QED) is 0.555. The fourth-order valence-corrected chi connectivity index (χ4v) is 3.23. The summed E-state index contributed by atoms with van der Waals surface area (Å²) in [4.78, 5) is 0. The van der Waals surface area contributed by atoms with Crippen molar-refractivity contribution in [1.82, 2.24) is 0 Å². The summed E-state index contributed by atoms with van der Waals surface area (Å²) in [5.74, 6) is 0. The number of methoxy groups -OCH3 is 1. The first-order chi connectivity index (χ1) is 9.43. The van der Waals surface area contributed by atoms with Crippen LogP contribution in [-0.2, 0) is 18.9 Å². The van der Waals surface area contributed by atoms with E-state index in [1.165, 1.54) is 0 Å². The Bertz CT molecular complexity index is 345. The lowest BCUT2D eigenvalue weighted by atomic mass is 9.91. The van der Waals surface area contributed by atoms with Gasteiger partial charge in [0.15, 0.2) is 0 Å². The van der Waals surface area contributed by atoms with Crippen molar-refractivity contribution in [2.24, 2.45) is 0 Å². The van der Waals surface area contributed by atoms with E-state index in [0.717, 1.165) is 25.7 Å². The van der Waals surface area contributed by atoms with Crippen LogP contribution in [0.4, 0.5) is 0 Å². The van der Waals surface area contributed by atoms with Crippen molar-refractivity contribution in [3.8, 4) is 0 Å². The predicted molar refractivity (Wildman–Crippen MR) is 77.6 cm³/mol. The maximum atomic E-state index is 6.35. The SMILES string of the molecule is C=C[C@@H]1CC[C@@](C)([C@H]2CC[C@@](C)([C@@H](C)OCOC)O2)O1. The van der Waals surface area contributed by atoms with Gasteiger partial charge in [-0.15, -0.1) is 6.58 Å². The van der Waals surface area contributed by atoms with E-state index in [-0.39, 0.29) is 29.5 Å². The van der Waals surface area contributed by atoms with Gasteiger partial charge in [-0.2, -0.15) is 0 Å². The molecule has 0 saturated carbocycles. The minimum Gasteiger partial charge on any atom is -0.366 e. The monoisotopic (exact) mass is 284 g/mol. The number of ether oxygens (including phenoxy) is 4. The lowest BCUT2D eigenvalue weighted by molar-refractivity contribution is -0.190. The molecule has 0 N–H and O–H groups in total. The van der Waals surface area contributed by atoms with Gasteiger partial charge in [-0.3, -0.25) is 0 Å². The highest BCUT2D eigenvalue weighted by Gasteiger charge is 2.51. The van der Waals surface area contributed by atoms with Gasteiger partial charge >= 0.3 is 0 Å². The molecule has 0 unspecified atom stereocenters. The van der Waals surface area contributed by atoms with Crippen LogP contribution in [0.15, 0.2) is 12.7 Å². The summed E-state index contributed by atoms with van der Waals surface area (Å²) >= 11 is 0. The van der Waals surface area contributed by atoms with Gasteiger partial charge in [0.2, 0.25) is 0 Å². The third-order valence-corrected chi connectivity index (χ3v) is 4.90. The molecule has 2 saturated heterocycles. The summed E-state index contributed by atoms with van der Waals surface area (Å²) < 4.78 is 23.1. The molecule has 4 nitrogen and oxygen atoms in total. The first-order valence-corrected chi connectivity index (χ1v) is 7.52. The Kier molecular flexibility index (Phi) is 4.90. The van der Waals surface area contributed by atoms with Gasteiger partial charge in [-0.05, 0) is 46.5 Å². The second-order valence-corrected chi connectivity index (χ2v) is 6.42. The molecule has 0 radical (unpaired) electrons. The number of hydrogen-bond donors (Lipinski definition) is 0. The van der Waals surface area contributed by atoms with Gasteiger partial charge in [0.1, 0.15) is 6.79 Å². The largest absolute Gasteiger partial charge is 0.366 e. The Labute approximate surface area is 122 Å². The van der Waals surface area contributed by atoms with E-state index in [1.54, 1.807) is 7.11 Å². The maximum absolute atomic E-state index is 6.35. The summed E-state index contributed by atoms with van der Waals surface area (Å²) in [5.41, 5.74) is -0.459. The summed E-state index contributed by atoms with van der Waals surface area (Å²) in [6.45, 7) is 10.5. The molecule has 0 aromatic carbocycles. The van der Waals surface area contributed by atoms with Crippen LogP contribution >= 0.6 is 0 Å². The lowest BCUT2D eigenvalue weighted by Gasteiger charge is -2.36. The highest BCUT2D eigenvalue weighted by Crippen LogP contribution is 2.44. The number of rotatable bonds is 6. The van der Waals surface area contributed by atoms with E-state index < -0.39 is 0 Å². The normalized spacial score (nSPS) is 42.8. The van der Waals surface area contributed by atoms with Crippen LogP contribution in [0.5, 0.6) is 0 Å². The number of hydrogen-bond acceptors (Lipinski definition) is 4. The zero-order valence-corrected chi connectivity index (χ0v) is 13.2. The molecule has 5 atom stereocenters. The average Bonchev–Trinajstić information content (AvgIpc) is 3.02. The molecule has 116 valence electrons. The van der Waals surface area contributed by atoms with E-state index >= 15 is 0 Å². The Morgan fingerprint density at radius 3 is 2.65 bits per heavy atom. The van der Waals surface area contributed by atoms with Gasteiger partial charge in [-0.1, -0.05) is 6.08 Å². The van der Waals surface area contributed by atoms with Crippen molar-refractivity contribution in [3.05, 3.63) is 12.7 Å². The third kappa shape index (κ3) is 3.08. The second-order valence-electron chi connectivity index (χ2n) is 6.42. The van der Waals surface area contributed by atoms with Crippen LogP contribution in [0.2, 0.25) is 0 Å². The summed E-state index contributed by atoms with van der Waals surface area (Å²) in [6, 6.07) is 0. The average molecular weight is 284 g/mol. The summed E-state index contributed by atoms with van der Waals surface area (Å²) in [5, 5.41) is 0. The molecule has 0 spiro atoms. The van der Waals surface area contributed by atoms with Crippen molar-refractivity contribution >= 4 is 0 Å². The predicted octanol–water partition coefficient (Wildman–Crippen LogP) is 3.06. The zero-order valence-electron chi connectivity index (χ0n) is 13.2. The molecule has 0 bridgehead atoms. The Balaban J connectivity index is 1.96. The van der Waals surface area contributed by atoms with Crippen molar-refractivity contribution in [1.29, 1.82) is 0 Å². The molecular weight excluding hydrogens is 256 g/mol. The molecule has 4 heteroatoms. The van der Waals surface area contributed by atoms with Crippen LogP contribution in [0, 0.1) is 0 Å². The van der Waals surface area contributed by atoms with Crippen LogP contribution in [0.1, 0.15) is 46.5 Å². The fourth-order valence-electron chi connectivity index (χ4n) is 3.23. The molecular formula is C16H28O4. The fraction of sp³-hybridized carbons (Fsp3) is 0.875. The second kappa shape index (κ2) is 6.14. The zero-order chi connectivity index (χ0) is 14.8. The van der Waals surface area contributed by atoms with Gasteiger partial charge in [0.05, 0.1) is 29.5 Å². The van der Waals surface area contributed by atoms with E-state index in [2.05, 4.69) is 20.4 Å². The Morgan fingerprint density at radius 1 is 1.30 bits per heavy atom. The Morgan fingerprint density at radius 2 is 2.05 bits per heavy atom. The van der Waals surface area contributed by atoms with Gasteiger partial charge < -0.3 is 18.9 Å². The topological polar surface area (TPSA) is 36.9 Å². The van der Waals surface area contributed by atoms with E-state index in [4.69, 9.17) is 18.9 Å². The van der Waals surface area contributed by atoms with Crippen LogP contribution < -0.4 is 0 Å². The molecule has 2 heterocycles. The molecule has 0 aromatic rings. The highest BCUT2D eigenvalue weighted by atomic mass is 16.7. The molecule has 0 aliphatic carbocycles. The molecule has 20 heavy (non-hydrogen) atoms. The smallest absolute Gasteiger partial charge is 0.146 e. The molecule has 2 aliphatic heterocycles. The van der Waals surface area contributed by atoms with E-state index in [1.807, 2.05) is 13.0 Å². The van der Waals surface area contributed by atoms with Crippen LogP contribution in [0.3, 0.4) is 0 Å². The summed E-state index contributed by atoms with van der Waals surface area (Å²) in [6.07, 6.45) is 6.25. The highest BCUT2D eigenvalue weighted by molar-refractivity contribution is 5.02. The molecule has 2 rings (SSSR count). The van der Waals surface area contributed by atoms with Crippen molar-refractivity contribution in [2.75, 3.05) is 13.9 Å². The Hall–Kier alpha value is -0.420. The van der Waals surface area contributed by atoms with Crippen LogP contribution in [-0.4, -0.2) is 43.4 Å². The van der Waals surface area contributed by atoms with Gasteiger partial charge in [0, 0.05) is 7.11 Å². The minimum absolute atomic E-state index is 0.00709.